The lowest BCUT2D eigenvalue weighted by molar-refractivity contribution is -0.144. The lowest BCUT2D eigenvalue weighted by Crippen LogP contribution is -2.41. The van der Waals surface area contributed by atoms with Gasteiger partial charge in [-0.05, 0) is 39.2 Å². The molecule has 1 heterocycles. The number of carbonyl (C=O) groups excluding carboxylic acids is 1. The normalized spacial score (nSPS) is 20.2. The Labute approximate surface area is 146 Å². The molecule has 4 nitrogen and oxygen atoms in total. The van der Waals surface area contributed by atoms with Gasteiger partial charge in [0.05, 0.1) is 24.2 Å². The van der Waals surface area contributed by atoms with Gasteiger partial charge in [-0.2, -0.15) is 0 Å². The van der Waals surface area contributed by atoms with Crippen molar-refractivity contribution in [2.24, 2.45) is 5.92 Å². The van der Waals surface area contributed by atoms with Crippen LogP contribution in [0, 0.1) is 5.92 Å². The van der Waals surface area contributed by atoms with E-state index < -0.39 is 18.3 Å². The second-order valence-corrected chi connectivity index (χ2v) is 7.92. The quantitative estimate of drug-likeness (QED) is 0.584. The Morgan fingerprint density at radius 2 is 1.62 bits per heavy atom. The first kappa shape index (κ1) is 19.0. The van der Waals surface area contributed by atoms with Crippen LogP contribution in [0.3, 0.4) is 0 Å². The summed E-state index contributed by atoms with van der Waals surface area (Å²) in [5.74, 6) is -0.0832. The molecule has 0 aliphatic carbocycles. The zero-order chi connectivity index (χ0) is 18.0. The highest BCUT2D eigenvalue weighted by Crippen LogP contribution is 2.41. The first-order valence-corrected chi connectivity index (χ1v) is 8.68. The van der Waals surface area contributed by atoms with Gasteiger partial charge < -0.3 is 14.0 Å². The van der Waals surface area contributed by atoms with E-state index in [-0.39, 0.29) is 18.2 Å². The summed E-state index contributed by atoms with van der Waals surface area (Å²) >= 11 is 0. The van der Waals surface area contributed by atoms with Crippen LogP contribution in [0.1, 0.15) is 59.3 Å². The van der Waals surface area contributed by atoms with Crippen LogP contribution in [0.15, 0.2) is 30.3 Å². The second-order valence-electron chi connectivity index (χ2n) is 7.92. The lowest BCUT2D eigenvalue weighted by Gasteiger charge is -2.32. The number of hydrogen-bond acceptors (Lipinski definition) is 4. The predicted octanol–water partition coefficient (Wildman–Crippen LogP) is 3.99. The molecule has 0 unspecified atom stereocenters. The van der Waals surface area contributed by atoms with Gasteiger partial charge in [0.15, 0.2) is 0 Å². The molecule has 0 radical (unpaired) electrons. The number of carbonyl (C=O) groups is 1. The zero-order valence-electron chi connectivity index (χ0n) is 15.7. The van der Waals surface area contributed by atoms with Crippen LogP contribution >= 0.6 is 0 Å². The minimum atomic E-state index is -0.469. The molecule has 2 rings (SSSR count). The van der Waals surface area contributed by atoms with Gasteiger partial charge in [0.25, 0.3) is 0 Å². The fraction of sp³-hybridized carbons (Fsp3) is 0.632. The monoisotopic (exact) mass is 332 g/mol. The fourth-order valence-corrected chi connectivity index (χ4v) is 2.62. The molecule has 0 amide bonds. The maximum atomic E-state index is 12.3. The molecule has 1 aliphatic rings. The number of rotatable bonds is 6. The first-order valence-electron chi connectivity index (χ1n) is 8.68. The number of benzene rings is 1. The summed E-state index contributed by atoms with van der Waals surface area (Å²) in [5, 5.41) is 0. The Bertz CT molecular complexity index is 538. The van der Waals surface area contributed by atoms with Crippen LogP contribution in [0.2, 0.25) is 0 Å². The Morgan fingerprint density at radius 3 is 2.12 bits per heavy atom. The minimum Gasteiger partial charge on any atom is -0.465 e. The highest BCUT2D eigenvalue weighted by atomic mass is 16.7. The van der Waals surface area contributed by atoms with Gasteiger partial charge >= 0.3 is 13.1 Å². The third-order valence-corrected chi connectivity index (χ3v) is 4.79. The Hall–Kier alpha value is -1.33. The molecule has 24 heavy (non-hydrogen) atoms. The molecule has 0 saturated carbocycles. The summed E-state index contributed by atoms with van der Waals surface area (Å²) in [6.45, 7) is 12.6. The van der Waals surface area contributed by atoms with Crippen molar-refractivity contribution in [2.45, 2.75) is 65.0 Å². The van der Waals surface area contributed by atoms with E-state index in [1.54, 1.807) is 0 Å². The molecular weight excluding hydrogens is 303 g/mol. The van der Waals surface area contributed by atoms with Gasteiger partial charge in [0.2, 0.25) is 0 Å². The number of esters is 1. The van der Waals surface area contributed by atoms with E-state index >= 15 is 0 Å². The summed E-state index contributed by atoms with van der Waals surface area (Å²) in [7, 11) is -0.469. The van der Waals surface area contributed by atoms with Crippen molar-refractivity contribution in [3.05, 3.63) is 35.9 Å². The third kappa shape index (κ3) is 4.39. The third-order valence-electron chi connectivity index (χ3n) is 4.79. The van der Waals surface area contributed by atoms with Gasteiger partial charge in [-0.25, -0.2) is 0 Å². The molecular formula is C19H29BO4. The van der Waals surface area contributed by atoms with Crippen LogP contribution in [0.5, 0.6) is 0 Å². The lowest BCUT2D eigenvalue weighted by atomic mass is 9.66. The van der Waals surface area contributed by atoms with Crippen molar-refractivity contribution in [1.82, 2.24) is 0 Å². The largest absolute Gasteiger partial charge is 0.466 e. The fourth-order valence-electron chi connectivity index (χ4n) is 2.62. The van der Waals surface area contributed by atoms with E-state index in [9.17, 15) is 4.79 Å². The van der Waals surface area contributed by atoms with Gasteiger partial charge in [-0.15, -0.1) is 0 Å². The molecule has 0 spiro atoms. The van der Waals surface area contributed by atoms with Crippen molar-refractivity contribution in [3.8, 4) is 0 Å². The van der Waals surface area contributed by atoms with Crippen molar-refractivity contribution in [2.75, 3.05) is 6.61 Å². The minimum absolute atomic E-state index is 0.188. The van der Waals surface area contributed by atoms with Crippen LogP contribution < -0.4 is 0 Å². The molecule has 1 aliphatic heterocycles. The van der Waals surface area contributed by atoms with Gasteiger partial charge in [-0.1, -0.05) is 44.2 Å². The molecule has 1 atom stereocenters. The smallest absolute Gasteiger partial charge is 0.465 e. The molecule has 132 valence electrons. The molecule has 1 saturated heterocycles. The molecule has 5 heteroatoms. The van der Waals surface area contributed by atoms with E-state index in [0.717, 1.165) is 5.56 Å². The molecule has 0 N–H and O–H groups in total. The SMILES string of the molecule is CC(C)COC(=O)C[C@H](B1OC(C)(C)C(C)(C)O1)c1ccccc1. The van der Waals surface area contributed by atoms with Crippen LogP contribution in [-0.4, -0.2) is 30.9 Å². The topological polar surface area (TPSA) is 44.8 Å². The van der Waals surface area contributed by atoms with Crippen molar-refractivity contribution in [1.29, 1.82) is 0 Å². The van der Waals surface area contributed by atoms with Crippen LogP contribution in [0.25, 0.3) is 0 Å². The molecule has 0 aromatic heterocycles. The average Bonchev–Trinajstić information content (AvgIpc) is 2.71. The standard InChI is InChI=1S/C19H29BO4/c1-14(2)13-22-17(21)12-16(15-10-8-7-9-11-15)20-23-18(3,4)19(5,6)24-20/h7-11,14,16H,12-13H2,1-6H3/t16-/m0/s1. The highest BCUT2D eigenvalue weighted by Gasteiger charge is 2.54. The van der Waals surface area contributed by atoms with E-state index in [2.05, 4.69) is 0 Å². The van der Waals surface area contributed by atoms with Crippen LogP contribution in [0.4, 0.5) is 0 Å². The van der Waals surface area contributed by atoms with Crippen molar-refractivity contribution >= 4 is 13.1 Å². The summed E-state index contributed by atoms with van der Waals surface area (Å²) in [6.07, 6.45) is 0.244. The second kappa shape index (κ2) is 7.28. The Kier molecular flexibility index (Phi) is 5.76. The maximum absolute atomic E-state index is 12.3. The van der Waals surface area contributed by atoms with Crippen LogP contribution in [-0.2, 0) is 18.8 Å². The molecule has 0 bridgehead atoms. The van der Waals surface area contributed by atoms with Gasteiger partial charge in [0, 0.05) is 5.82 Å². The molecule has 1 fully saturated rings. The Morgan fingerprint density at radius 1 is 1.08 bits per heavy atom. The molecule has 1 aromatic rings. The summed E-state index contributed by atoms with van der Waals surface area (Å²) in [4.78, 5) is 12.3. The predicted molar refractivity (Wildman–Crippen MR) is 95.7 cm³/mol. The van der Waals surface area contributed by atoms with E-state index in [0.29, 0.717) is 12.5 Å². The number of hydrogen-bond donors (Lipinski definition) is 0. The Balaban J connectivity index is 2.18. The van der Waals surface area contributed by atoms with Gasteiger partial charge in [-0.3, -0.25) is 4.79 Å². The van der Waals surface area contributed by atoms with Crippen molar-refractivity contribution < 1.29 is 18.8 Å². The van der Waals surface area contributed by atoms with E-state index in [4.69, 9.17) is 14.0 Å². The first-order chi connectivity index (χ1) is 11.1. The van der Waals surface area contributed by atoms with Crippen molar-refractivity contribution in [3.63, 3.8) is 0 Å². The van der Waals surface area contributed by atoms with E-state index in [1.165, 1.54) is 0 Å². The summed E-state index contributed by atoms with van der Waals surface area (Å²) in [5.41, 5.74) is 0.177. The average molecular weight is 332 g/mol. The molecule has 1 aromatic carbocycles. The maximum Gasteiger partial charge on any atom is 0.466 e. The zero-order valence-corrected chi connectivity index (χ0v) is 15.7. The summed E-state index contributed by atoms with van der Waals surface area (Å²) in [6, 6.07) is 9.90. The van der Waals surface area contributed by atoms with E-state index in [1.807, 2.05) is 71.9 Å². The summed E-state index contributed by atoms with van der Waals surface area (Å²) < 4.78 is 17.7. The number of ether oxygens (including phenoxy) is 1. The highest BCUT2D eigenvalue weighted by molar-refractivity contribution is 6.48. The van der Waals surface area contributed by atoms with Gasteiger partial charge in [0.1, 0.15) is 0 Å².